The number of aliphatic hydroxyl groups is 1. The molecule has 0 amide bonds. The molecule has 4 heterocycles. The Labute approximate surface area is 202 Å². The maximum absolute atomic E-state index is 9.77. The Hall–Kier alpha value is -3.19. The van der Waals surface area contributed by atoms with Crippen LogP contribution in [0.4, 0.5) is 11.5 Å². The van der Waals surface area contributed by atoms with Crippen molar-refractivity contribution in [3.63, 3.8) is 0 Å². The molecule has 0 bridgehead atoms. The van der Waals surface area contributed by atoms with Crippen LogP contribution in [0.15, 0.2) is 24.3 Å². The summed E-state index contributed by atoms with van der Waals surface area (Å²) in [5.74, 6) is 0.797. The zero-order valence-electron chi connectivity index (χ0n) is 19.0. The third-order valence-corrected chi connectivity index (χ3v) is 6.55. The van der Waals surface area contributed by atoms with Crippen molar-refractivity contribution in [2.45, 2.75) is 38.3 Å². The van der Waals surface area contributed by atoms with E-state index in [-0.39, 0.29) is 22.7 Å². The lowest BCUT2D eigenvalue weighted by Gasteiger charge is -2.47. The van der Waals surface area contributed by atoms with E-state index in [0.29, 0.717) is 22.7 Å². The molecule has 0 aliphatic carbocycles. The molecule has 0 unspecified atom stereocenters. The lowest BCUT2D eigenvalue weighted by Crippen LogP contribution is -2.62. The van der Waals surface area contributed by atoms with Crippen molar-refractivity contribution in [1.29, 1.82) is 5.26 Å². The van der Waals surface area contributed by atoms with Gasteiger partial charge in [-0.3, -0.25) is 0 Å². The quantitative estimate of drug-likeness (QED) is 0.402. The van der Waals surface area contributed by atoms with Crippen LogP contribution in [0.3, 0.4) is 0 Å². The van der Waals surface area contributed by atoms with Gasteiger partial charge in [0.1, 0.15) is 16.8 Å². The second kappa shape index (κ2) is 8.87. The zero-order valence-corrected chi connectivity index (χ0v) is 19.8. The number of rotatable bonds is 6. The molecule has 3 aromatic rings. The normalized spacial score (nSPS) is 17.4. The molecule has 2 saturated heterocycles. The highest BCUT2D eigenvalue weighted by molar-refractivity contribution is 6.29. The fourth-order valence-electron chi connectivity index (χ4n) is 4.76. The number of nitrogens with one attached hydrogen (secondary N) is 1. The molecular weight excluding hydrogens is 456 g/mol. The van der Waals surface area contributed by atoms with Gasteiger partial charge in [0.25, 0.3) is 0 Å². The first-order valence-corrected chi connectivity index (χ1v) is 11.6. The summed E-state index contributed by atoms with van der Waals surface area (Å²) in [5, 5.41) is 22.6. The van der Waals surface area contributed by atoms with E-state index in [1.54, 1.807) is 12.1 Å². The van der Waals surface area contributed by atoms with Crippen molar-refractivity contribution in [3.8, 4) is 11.9 Å². The lowest BCUT2D eigenvalue weighted by atomic mass is 9.91. The van der Waals surface area contributed by atoms with E-state index >= 15 is 0 Å². The first-order valence-electron chi connectivity index (χ1n) is 11.2. The van der Waals surface area contributed by atoms with Gasteiger partial charge in [0.05, 0.1) is 35.9 Å². The van der Waals surface area contributed by atoms with Gasteiger partial charge in [-0.15, -0.1) is 0 Å². The van der Waals surface area contributed by atoms with Crippen LogP contribution in [-0.4, -0.2) is 52.1 Å². The lowest BCUT2D eigenvalue weighted by molar-refractivity contribution is -0.0184. The molecule has 10 heteroatoms. The van der Waals surface area contributed by atoms with Gasteiger partial charge in [0.2, 0.25) is 5.88 Å². The van der Waals surface area contributed by atoms with E-state index < -0.39 is 6.79 Å². The van der Waals surface area contributed by atoms with Crippen molar-refractivity contribution in [2.24, 2.45) is 0 Å². The summed E-state index contributed by atoms with van der Waals surface area (Å²) in [4.78, 5) is 15.8. The summed E-state index contributed by atoms with van der Waals surface area (Å²) < 4.78 is 11.2. The monoisotopic (exact) mass is 480 g/mol. The number of halogens is 1. The number of pyridine rings is 1. The predicted octanol–water partition coefficient (Wildman–Crippen LogP) is 3.73. The molecule has 0 saturated carbocycles. The molecule has 9 nitrogen and oxygen atoms in total. The summed E-state index contributed by atoms with van der Waals surface area (Å²) in [6.45, 7) is 5.69. The summed E-state index contributed by atoms with van der Waals surface area (Å²) in [7, 11) is 0. The Morgan fingerprint density at radius 1 is 1.32 bits per heavy atom. The third-order valence-electron chi connectivity index (χ3n) is 6.34. The summed E-state index contributed by atoms with van der Waals surface area (Å²) in [5.41, 5.74) is 4.11. The number of nitrogens with zero attached hydrogens (tertiary/aromatic N) is 5. The van der Waals surface area contributed by atoms with Crippen LogP contribution in [0.25, 0.3) is 11.0 Å². The van der Waals surface area contributed by atoms with Gasteiger partial charge in [-0.05, 0) is 50.5 Å². The highest BCUT2D eigenvalue weighted by Gasteiger charge is 2.47. The van der Waals surface area contributed by atoms with E-state index in [0.717, 1.165) is 49.2 Å². The van der Waals surface area contributed by atoms with Crippen molar-refractivity contribution in [2.75, 3.05) is 36.7 Å². The minimum atomic E-state index is -0.517. The maximum atomic E-state index is 9.77. The Morgan fingerprint density at radius 2 is 2.15 bits per heavy atom. The molecular formula is C24H25ClN6O3. The number of hydrogen-bond donors (Lipinski definition) is 2. The number of aromatic nitrogens is 3. The van der Waals surface area contributed by atoms with Crippen LogP contribution in [-0.2, 0) is 4.74 Å². The molecule has 176 valence electrons. The first kappa shape index (κ1) is 22.6. The van der Waals surface area contributed by atoms with E-state index in [1.165, 1.54) is 0 Å². The highest BCUT2D eigenvalue weighted by atomic mass is 35.5. The molecule has 2 fully saturated rings. The Kier molecular flexibility index (Phi) is 5.90. The second-order valence-corrected chi connectivity index (χ2v) is 9.23. The minimum Gasteiger partial charge on any atom is -0.449 e. The van der Waals surface area contributed by atoms with Crippen LogP contribution in [0, 0.1) is 18.3 Å². The number of aryl methyl sites for hydroxylation is 1. The van der Waals surface area contributed by atoms with Crippen LogP contribution in [0.5, 0.6) is 5.88 Å². The second-order valence-electron chi connectivity index (χ2n) is 8.85. The number of hydrogen-bond acceptors (Lipinski definition) is 9. The van der Waals surface area contributed by atoms with Gasteiger partial charge in [-0.25, -0.2) is 9.97 Å². The van der Waals surface area contributed by atoms with Gasteiger partial charge >= 0.3 is 0 Å². The van der Waals surface area contributed by atoms with Crippen LogP contribution in [0.2, 0.25) is 5.15 Å². The third kappa shape index (κ3) is 4.09. The zero-order chi connectivity index (χ0) is 23.9. The molecule has 34 heavy (non-hydrogen) atoms. The van der Waals surface area contributed by atoms with E-state index in [1.807, 2.05) is 19.9 Å². The molecule has 5 rings (SSSR count). The van der Waals surface area contributed by atoms with Crippen LogP contribution in [0.1, 0.15) is 42.6 Å². The average molecular weight is 481 g/mol. The molecule has 1 atom stereocenters. The molecule has 2 aliphatic rings. The average Bonchev–Trinajstić information content (AvgIpc) is 3.29. The standard InChI is InChI=1S/C24H25ClN6O3/c1-14-8-16(15(2)27-17-4-5-20(25)29-23(17)33-13-32)21-18(9-14)28-19(10-26)22(30-21)31-11-24(12-31)6-3-7-34-24/h4-5,8-9,15,27,32H,3,6-7,11-13H2,1-2H3/t15-/m1/s1. The van der Waals surface area contributed by atoms with Crippen LogP contribution >= 0.6 is 11.6 Å². The van der Waals surface area contributed by atoms with Crippen molar-refractivity contribution in [3.05, 3.63) is 46.2 Å². The fraction of sp³-hybridized carbons (Fsp3) is 0.417. The van der Waals surface area contributed by atoms with Gasteiger partial charge in [0, 0.05) is 12.2 Å². The number of benzene rings is 1. The number of aliphatic hydroxyl groups excluding tert-OH is 1. The summed E-state index contributed by atoms with van der Waals surface area (Å²) in [6, 6.07) is 9.40. The fourth-order valence-corrected chi connectivity index (χ4v) is 4.90. The first-order chi connectivity index (χ1) is 16.4. The molecule has 2 aromatic heterocycles. The Bertz CT molecular complexity index is 1280. The van der Waals surface area contributed by atoms with E-state index in [4.69, 9.17) is 26.1 Å². The Morgan fingerprint density at radius 3 is 2.85 bits per heavy atom. The summed E-state index contributed by atoms with van der Waals surface area (Å²) >= 11 is 5.99. The Balaban J connectivity index is 1.51. The van der Waals surface area contributed by atoms with Crippen LogP contribution < -0.4 is 15.0 Å². The van der Waals surface area contributed by atoms with E-state index in [9.17, 15) is 10.4 Å². The van der Waals surface area contributed by atoms with Gasteiger partial charge in [0.15, 0.2) is 18.3 Å². The smallest absolute Gasteiger partial charge is 0.240 e. The number of nitriles is 1. The molecule has 1 aromatic carbocycles. The van der Waals surface area contributed by atoms with Crippen molar-refractivity contribution in [1.82, 2.24) is 15.0 Å². The van der Waals surface area contributed by atoms with Crippen molar-refractivity contribution >= 4 is 34.1 Å². The predicted molar refractivity (Wildman–Crippen MR) is 128 cm³/mol. The summed E-state index contributed by atoms with van der Waals surface area (Å²) in [6.07, 6.45) is 2.10. The maximum Gasteiger partial charge on any atom is 0.240 e. The SMILES string of the molecule is Cc1cc([C@@H](C)Nc2ccc(Cl)nc2OCO)c2nc(N3CC4(CCCO4)C3)c(C#N)nc2c1. The van der Waals surface area contributed by atoms with Crippen molar-refractivity contribution < 1.29 is 14.6 Å². The topological polar surface area (TPSA) is 116 Å². The molecule has 2 aliphatic heterocycles. The molecule has 0 radical (unpaired) electrons. The highest BCUT2D eigenvalue weighted by Crippen LogP contribution is 2.39. The number of ether oxygens (including phenoxy) is 2. The largest absolute Gasteiger partial charge is 0.449 e. The minimum absolute atomic E-state index is 0.112. The van der Waals surface area contributed by atoms with Gasteiger partial charge in [-0.2, -0.15) is 10.2 Å². The number of anilines is 2. The van der Waals surface area contributed by atoms with E-state index in [2.05, 4.69) is 32.3 Å². The molecule has 1 spiro atoms. The molecule has 2 N–H and O–H groups in total. The van der Waals surface area contributed by atoms with Gasteiger partial charge in [-0.1, -0.05) is 17.7 Å². The number of fused-ring (bicyclic) bond motifs is 1. The van der Waals surface area contributed by atoms with Gasteiger partial charge < -0.3 is 24.8 Å².